The average Bonchev–Trinajstić information content (AvgIpc) is 2.89. The van der Waals surface area contributed by atoms with Gasteiger partial charge in [-0.15, -0.1) is 11.3 Å². The van der Waals surface area contributed by atoms with Crippen molar-refractivity contribution in [3.05, 3.63) is 23.5 Å². The van der Waals surface area contributed by atoms with Gasteiger partial charge in [0.15, 0.2) is 4.96 Å². The van der Waals surface area contributed by atoms with Crippen LogP contribution in [0.4, 0.5) is 0 Å². The molecule has 0 aliphatic carbocycles. The smallest absolute Gasteiger partial charge is 0.193 e. The summed E-state index contributed by atoms with van der Waals surface area (Å²) < 4.78 is 7.47. The highest BCUT2D eigenvalue weighted by atomic mass is 32.1. The molecule has 1 N–H and O–H groups in total. The Balaban J connectivity index is 1.68. The number of aromatic nitrogens is 2. The van der Waals surface area contributed by atoms with Crippen LogP contribution in [0.1, 0.15) is 19.0 Å². The lowest BCUT2D eigenvalue weighted by Crippen LogP contribution is -2.42. The van der Waals surface area contributed by atoms with Crippen LogP contribution < -0.4 is 5.32 Å². The Morgan fingerprint density at radius 2 is 2.62 bits per heavy atom. The molecule has 86 valence electrons. The molecule has 2 aromatic heterocycles. The number of fused-ring (bicyclic) bond motifs is 1. The van der Waals surface area contributed by atoms with Crippen molar-refractivity contribution in [1.29, 1.82) is 0 Å². The molecule has 1 unspecified atom stereocenters. The maximum atomic E-state index is 5.41. The van der Waals surface area contributed by atoms with Gasteiger partial charge < -0.3 is 10.1 Å². The van der Waals surface area contributed by atoms with Gasteiger partial charge in [-0.25, -0.2) is 4.98 Å². The number of nitrogens with one attached hydrogen (secondary N) is 1. The summed E-state index contributed by atoms with van der Waals surface area (Å²) >= 11 is 1.66. The normalized spacial score (nSPS) is 25.6. The molecule has 1 aliphatic heterocycles. The van der Waals surface area contributed by atoms with Gasteiger partial charge in [-0.3, -0.25) is 4.40 Å². The molecule has 4 nitrogen and oxygen atoms in total. The van der Waals surface area contributed by atoms with Crippen molar-refractivity contribution in [2.45, 2.75) is 25.4 Å². The zero-order chi connectivity index (χ0) is 11.0. The molecule has 0 radical (unpaired) electrons. The Hall–Kier alpha value is -0.910. The first-order valence-electron chi connectivity index (χ1n) is 5.49. The highest BCUT2D eigenvalue weighted by Gasteiger charge is 2.28. The summed E-state index contributed by atoms with van der Waals surface area (Å²) in [6, 6.07) is 0. The SMILES string of the molecule is CC1(NCc2cn3ccsc3n2)CCOC1. The van der Waals surface area contributed by atoms with Crippen molar-refractivity contribution in [3.63, 3.8) is 0 Å². The zero-order valence-corrected chi connectivity index (χ0v) is 10.1. The van der Waals surface area contributed by atoms with Crippen molar-refractivity contribution >= 4 is 16.3 Å². The average molecular weight is 237 g/mol. The second-order valence-corrected chi connectivity index (χ2v) is 5.41. The predicted molar refractivity (Wildman–Crippen MR) is 63.7 cm³/mol. The van der Waals surface area contributed by atoms with Crippen LogP contribution in [0.5, 0.6) is 0 Å². The monoisotopic (exact) mass is 237 g/mol. The molecule has 1 fully saturated rings. The minimum absolute atomic E-state index is 0.122. The Labute approximate surface area is 98.3 Å². The van der Waals surface area contributed by atoms with E-state index in [0.29, 0.717) is 0 Å². The first kappa shape index (κ1) is 10.3. The van der Waals surface area contributed by atoms with Crippen molar-refractivity contribution < 1.29 is 4.74 Å². The van der Waals surface area contributed by atoms with Gasteiger partial charge in [0, 0.05) is 36.5 Å². The van der Waals surface area contributed by atoms with Crippen LogP contribution >= 0.6 is 11.3 Å². The van der Waals surface area contributed by atoms with Gasteiger partial charge in [-0.1, -0.05) is 0 Å². The van der Waals surface area contributed by atoms with Crippen LogP contribution in [0.3, 0.4) is 0 Å². The number of thiazole rings is 1. The maximum Gasteiger partial charge on any atom is 0.193 e. The fourth-order valence-electron chi connectivity index (χ4n) is 1.97. The van der Waals surface area contributed by atoms with Gasteiger partial charge in [-0.2, -0.15) is 0 Å². The third-order valence-corrected chi connectivity index (χ3v) is 3.83. The van der Waals surface area contributed by atoms with E-state index in [9.17, 15) is 0 Å². The van der Waals surface area contributed by atoms with Gasteiger partial charge in [0.1, 0.15) is 0 Å². The molecule has 0 bridgehead atoms. The van der Waals surface area contributed by atoms with Gasteiger partial charge in [0.05, 0.1) is 12.3 Å². The molecular weight excluding hydrogens is 222 g/mol. The Kier molecular flexibility index (Phi) is 2.46. The fraction of sp³-hybridized carbons (Fsp3) is 0.545. The summed E-state index contributed by atoms with van der Waals surface area (Å²) in [6.07, 6.45) is 5.20. The topological polar surface area (TPSA) is 38.6 Å². The van der Waals surface area contributed by atoms with Crippen LogP contribution in [0.25, 0.3) is 4.96 Å². The number of hydrogen-bond acceptors (Lipinski definition) is 4. The van der Waals surface area contributed by atoms with E-state index < -0.39 is 0 Å². The lowest BCUT2D eigenvalue weighted by molar-refractivity contribution is 0.171. The quantitative estimate of drug-likeness (QED) is 0.882. The highest BCUT2D eigenvalue weighted by Crippen LogP contribution is 2.18. The molecule has 2 aromatic rings. The molecule has 1 saturated heterocycles. The molecule has 5 heteroatoms. The predicted octanol–water partition coefficient (Wildman–Crippen LogP) is 1.66. The second kappa shape index (κ2) is 3.84. The molecule has 0 amide bonds. The maximum absolute atomic E-state index is 5.41. The molecule has 3 rings (SSSR count). The van der Waals surface area contributed by atoms with Crippen molar-refractivity contribution in [3.8, 4) is 0 Å². The summed E-state index contributed by atoms with van der Waals surface area (Å²) in [6.45, 7) is 4.68. The van der Waals surface area contributed by atoms with Crippen LogP contribution in [0.15, 0.2) is 17.8 Å². The van der Waals surface area contributed by atoms with E-state index in [2.05, 4.69) is 27.8 Å². The number of rotatable bonds is 3. The number of imidazole rings is 1. The Bertz CT molecular complexity index is 456. The van der Waals surface area contributed by atoms with Crippen LogP contribution in [-0.4, -0.2) is 28.1 Å². The van der Waals surface area contributed by atoms with Gasteiger partial charge in [0.2, 0.25) is 0 Å². The van der Waals surface area contributed by atoms with E-state index in [-0.39, 0.29) is 5.54 Å². The summed E-state index contributed by atoms with van der Waals surface area (Å²) in [5, 5.41) is 5.58. The number of ether oxygens (including phenoxy) is 1. The third kappa shape index (κ3) is 1.86. The minimum atomic E-state index is 0.122. The van der Waals surface area contributed by atoms with Crippen molar-refractivity contribution in [2.75, 3.05) is 13.2 Å². The van der Waals surface area contributed by atoms with Gasteiger partial charge >= 0.3 is 0 Å². The van der Waals surface area contributed by atoms with Gasteiger partial charge in [0.25, 0.3) is 0 Å². The summed E-state index contributed by atoms with van der Waals surface area (Å²) in [7, 11) is 0. The minimum Gasteiger partial charge on any atom is -0.379 e. The van der Waals surface area contributed by atoms with Crippen molar-refractivity contribution in [2.24, 2.45) is 0 Å². The lowest BCUT2D eigenvalue weighted by atomic mass is 10.0. The van der Waals surface area contributed by atoms with Crippen LogP contribution in [0.2, 0.25) is 0 Å². The first-order valence-corrected chi connectivity index (χ1v) is 6.37. The molecule has 1 atom stereocenters. The van der Waals surface area contributed by atoms with E-state index in [0.717, 1.165) is 36.8 Å². The zero-order valence-electron chi connectivity index (χ0n) is 9.27. The highest BCUT2D eigenvalue weighted by molar-refractivity contribution is 7.15. The van der Waals surface area contributed by atoms with Crippen LogP contribution in [-0.2, 0) is 11.3 Å². The van der Waals surface area contributed by atoms with Crippen molar-refractivity contribution in [1.82, 2.24) is 14.7 Å². The van der Waals surface area contributed by atoms with E-state index in [4.69, 9.17) is 4.74 Å². The Morgan fingerprint density at radius 3 is 3.38 bits per heavy atom. The molecule has 0 aromatic carbocycles. The summed E-state index contributed by atoms with van der Waals surface area (Å²) in [5.41, 5.74) is 1.22. The largest absolute Gasteiger partial charge is 0.379 e. The van der Waals surface area contributed by atoms with E-state index in [1.807, 2.05) is 11.6 Å². The molecule has 1 aliphatic rings. The van der Waals surface area contributed by atoms with Crippen LogP contribution in [0, 0.1) is 0 Å². The number of hydrogen-bond donors (Lipinski definition) is 1. The summed E-state index contributed by atoms with van der Waals surface area (Å²) in [5.74, 6) is 0. The van der Waals surface area contributed by atoms with E-state index >= 15 is 0 Å². The van der Waals surface area contributed by atoms with Gasteiger partial charge in [-0.05, 0) is 13.3 Å². The first-order chi connectivity index (χ1) is 7.75. The standard InChI is InChI=1S/C11H15N3OS/c1-11(2-4-15-8-11)12-6-9-7-14-3-5-16-10(14)13-9/h3,5,7,12H,2,4,6,8H2,1H3. The molecule has 16 heavy (non-hydrogen) atoms. The molecule has 3 heterocycles. The van der Waals surface area contributed by atoms with E-state index in [1.165, 1.54) is 0 Å². The molecular formula is C11H15N3OS. The number of nitrogens with zero attached hydrogens (tertiary/aromatic N) is 2. The fourth-order valence-corrected chi connectivity index (χ4v) is 2.69. The van der Waals surface area contributed by atoms with E-state index in [1.54, 1.807) is 11.3 Å². The molecule has 0 spiro atoms. The molecule has 0 saturated carbocycles. The third-order valence-electron chi connectivity index (χ3n) is 3.06. The lowest BCUT2D eigenvalue weighted by Gasteiger charge is -2.22. The Morgan fingerprint density at radius 1 is 1.69 bits per heavy atom. The summed E-state index contributed by atoms with van der Waals surface area (Å²) in [4.78, 5) is 5.60. The second-order valence-electron chi connectivity index (χ2n) is 4.54.